The number of nitrogens with zero attached hydrogens (tertiary/aromatic N) is 2. The average Bonchev–Trinajstić information content (AvgIpc) is 2.50. The van der Waals surface area contributed by atoms with Gasteiger partial charge in [0.15, 0.2) is 0 Å². The molecule has 0 N–H and O–H groups in total. The van der Waals surface area contributed by atoms with Gasteiger partial charge < -0.3 is 9.30 Å². The summed E-state index contributed by atoms with van der Waals surface area (Å²) < 4.78 is 6.73. The summed E-state index contributed by atoms with van der Waals surface area (Å²) >= 11 is 0. The molecule has 0 amide bonds. The quantitative estimate of drug-likeness (QED) is 0.558. The van der Waals surface area contributed by atoms with Crippen LogP contribution in [0.4, 0.5) is 0 Å². The number of carbonyl (C=O) groups excluding carboxylic acids is 1. The topological polar surface area (TPSA) is 44.1 Å². The molecule has 0 aliphatic heterocycles. The van der Waals surface area contributed by atoms with Crippen molar-refractivity contribution in [3.05, 3.63) is 29.9 Å². The molecule has 0 bridgehead atoms. The minimum Gasteiger partial charge on any atom is -0.463 e. The monoisotopic (exact) mass is 208 g/mol. The minimum atomic E-state index is -0.344. The lowest BCUT2D eigenvalue weighted by Crippen LogP contribution is -2.12. The summed E-state index contributed by atoms with van der Waals surface area (Å²) in [4.78, 5) is 15.5. The van der Waals surface area contributed by atoms with Crippen molar-refractivity contribution in [3.8, 4) is 0 Å². The summed E-state index contributed by atoms with van der Waals surface area (Å²) in [5.41, 5.74) is 2.45. The lowest BCUT2D eigenvalue weighted by molar-refractivity contribution is -0.138. The number of esters is 1. The van der Waals surface area contributed by atoms with Crippen LogP contribution in [0.25, 0.3) is 0 Å². The number of hydrogen-bond acceptors (Lipinski definition) is 3. The molecule has 0 aliphatic rings. The van der Waals surface area contributed by atoms with Crippen molar-refractivity contribution in [1.29, 1.82) is 0 Å². The van der Waals surface area contributed by atoms with E-state index in [4.69, 9.17) is 4.74 Å². The molecule has 0 saturated heterocycles. The van der Waals surface area contributed by atoms with E-state index in [-0.39, 0.29) is 5.97 Å². The molecule has 1 rings (SSSR count). The molecule has 82 valence electrons. The van der Waals surface area contributed by atoms with Gasteiger partial charge in [0, 0.05) is 11.3 Å². The highest BCUT2D eigenvalue weighted by Crippen LogP contribution is 2.07. The Labute approximate surface area is 89.6 Å². The van der Waals surface area contributed by atoms with Gasteiger partial charge >= 0.3 is 5.97 Å². The van der Waals surface area contributed by atoms with Gasteiger partial charge in [-0.3, -0.25) is 0 Å². The van der Waals surface area contributed by atoms with Crippen molar-refractivity contribution in [1.82, 2.24) is 9.55 Å². The second-order valence-electron chi connectivity index (χ2n) is 3.37. The molecule has 0 aromatic carbocycles. The molecule has 0 fully saturated rings. The summed E-state index contributed by atoms with van der Waals surface area (Å²) in [6.45, 7) is 10.2. The van der Waals surface area contributed by atoms with Crippen molar-refractivity contribution < 1.29 is 9.53 Å². The molecule has 1 aromatic heterocycles. The lowest BCUT2D eigenvalue weighted by atomic mass is 10.3. The maximum absolute atomic E-state index is 11.3. The van der Waals surface area contributed by atoms with E-state index in [1.165, 1.54) is 0 Å². The first-order valence-electron chi connectivity index (χ1n) is 4.89. The number of aryl methyl sites for hydroxylation is 1. The molecule has 4 heteroatoms. The fourth-order valence-electron chi connectivity index (χ4n) is 1.21. The van der Waals surface area contributed by atoms with Gasteiger partial charge in [-0.15, -0.1) is 0 Å². The Morgan fingerprint density at radius 3 is 2.73 bits per heavy atom. The molecule has 0 aliphatic carbocycles. The second kappa shape index (κ2) is 4.77. The molecule has 4 nitrogen and oxygen atoms in total. The third-order valence-corrected chi connectivity index (χ3v) is 2.27. The van der Waals surface area contributed by atoms with Gasteiger partial charge in [-0.25, -0.2) is 9.78 Å². The Kier molecular flexibility index (Phi) is 3.66. The van der Waals surface area contributed by atoms with Crippen LogP contribution in [0.15, 0.2) is 18.5 Å². The smallest absolute Gasteiger partial charge is 0.335 e. The molecule has 15 heavy (non-hydrogen) atoms. The van der Waals surface area contributed by atoms with Crippen LogP contribution in [0.1, 0.15) is 18.3 Å². The molecule has 1 aromatic rings. The Morgan fingerprint density at radius 2 is 2.27 bits per heavy atom. The SMILES string of the molecule is C=C(Cn1cnc(C)c1C)C(=O)OCC. The zero-order valence-corrected chi connectivity index (χ0v) is 9.41. The summed E-state index contributed by atoms with van der Waals surface area (Å²) in [6.07, 6.45) is 1.70. The number of carbonyl (C=O) groups is 1. The van der Waals surface area contributed by atoms with Crippen LogP contribution in [0.5, 0.6) is 0 Å². The Hall–Kier alpha value is -1.58. The molecular weight excluding hydrogens is 192 g/mol. The number of hydrogen-bond donors (Lipinski definition) is 0. The van der Waals surface area contributed by atoms with Crippen molar-refractivity contribution in [2.45, 2.75) is 27.3 Å². The normalized spacial score (nSPS) is 10.1. The largest absolute Gasteiger partial charge is 0.463 e. The van der Waals surface area contributed by atoms with Crippen LogP contribution in [-0.4, -0.2) is 22.1 Å². The molecule has 0 saturated carbocycles. The van der Waals surface area contributed by atoms with Crippen LogP contribution in [0.3, 0.4) is 0 Å². The van der Waals surface area contributed by atoms with E-state index in [9.17, 15) is 4.79 Å². The van der Waals surface area contributed by atoms with E-state index in [1.54, 1.807) is 13.3 Å². The van der Waals surface area contributed by atoms with Crippen molar-refractivity contribution in [2.24, 2.45) is 0 Å². The fourth-order valence-corrected chi connectivity index (χ4v) is 1.21. The standard InChI is InChI=1S/C11H16N2O2/c1-5-15-11(14)8(2)6-13-7-12-9(3)10(13)4/h7H,2,5-6H2,1,3-4H3. The number of imidazole rings is 1. The summed E-state index contributed by atoms with van der Waals surface area (Å²) in [7, 11) is 0. The van der Waals surface area contributed by atoms with Gasteiger partial charge in [0.05, 0.1) is 25.2 Å². The van der Waals surface area contributed by atoms with Crippen molar-refractivity contribution in [2.75, 3.05) is 6.61 Å². The lowest BCUT2D eigenvalue weighted by Gasteiger charge is -2.07. The van der Waals surface area contributed by atoms with E-state index in [1.807, 2.05) is 18.4 Å². The van der Waals surface area contributed by atoms with Gasteiger partial charge in [-0.05, 0) is 20.8 Å². The van der Waals surface area contributed by atoms with E-state index in [2.05, 4.69) is 11.6 Å². The first kappa shape index (κ1) is 11.5. The Balaban J connectivity index is 2.66. The molecule has 0 unspecified atom stereocenters. The van der Waals surface area contributed by atoms with Gasteiger partial charge in [0.2, 0.25) is 0 Å². The maximum Gasteiger partial charge on any atom is 0.335 e. The summed E-state index contributed by atoms with van der Waals surface area (Å²) in [6, 6.07) is 0. The highest BCUT2D eigenvalue weighted by Gasteiger charge is 2.10. The molecule has 0 atom stereocenters. The zero-order chi connectivity index (χ0) is 11.4. The Morgan fingerprint density at radius 1 is 1.60 bits per heavy atom. The van der Waals surface area contributed by atoms with Crippen molar-refractivity contribution >= 4 is 5.97 Å². The number of ether oxygens (including phenoxy) is 1. The summed E-state index contributed by atoms with van der Waals surface area (Å²) in [5.74, 6) is -0.344. The van der Waals surface area contributed by atoms with Gasteiger partial charge in [0.1, 0.15) is 0 Å². The third kappa shape index (κ3) is 2.68. The van der Waals surface area contributed by atoms with E-state index in [0.717, 1.165) is 11.4 Å². The average molecular weight is 208 g/mol. The minimum absolute atomic E-state index is 0.344. The van der Waals surface area contributed by atoms with Gasteiger partial charge in [-0.1, -0.05) is 6.58 Å². The predicted molar refractivity (Wildman–Crippen MR) is 57.5 cm³/mol. The number of aromatic nitrogens is 2. The first-order chi connectivity index (χ1) is 7.06. The molecule has 0 radical (unpaired) electrons. The molecular formula is C11H16N2O2. The van der Waals surface area contributed by atoms with Crippen LogP contribution < -0.4 is 0 Å². The number of rotatable bonds is 4. The van der Waals surface area contributed by atoms with Crippen LogP contribution in [-0.2, 0) is 16.1 Å². The predicted octanol–water partition coefficient (Wildman–Crippen LogP) is 1.62. The van der Waals surface area contributed by atoms with Crippen LogP contribution in [0.2, 0.25) is 0 Å². The highest BCUT2D eigenvalue weighted by molar-refractivity contribution is 5.87. The van der Waals surface area contributed by atoms with Crippen molar-refractivity contribution in [3.63, 3.8) is 0 Å². The molecule has 1 heterocycles. The highest BCUT2D eigenvalue weighted by atomic mass is 16.5. The maximum atomic E-state index is 11.3. The van der Waals surface area contributed by atoms with Gasteiger partial charge in [-0.2, -0.15) is 0 Å². The second-order valence-corrected chi connectivity index (χ2v) is 3.37. The van der Waals surface area contributed by atoms with Crippen LogP contribution in [0, 0.1) is 13.8 Å². The fraction of sp³-hybridized carbons (Fsp3) is 0.455. The first-order valence-corrected chi connectivity index (χ1v) is 4.89. The van der Waals surface area contributed by atoms with E-state index >= 15 is 0 Å². The Bertz CT molecular complexity index is 380. The van der Waals surface area contributed by atoms with Crippen LogP contribution >= 0.6 is 0 Å². The zero-order valence-electron chi connectivity index (χ0n) is 9.41. The van der Waals surface area contributed by atoms with E-state index in [0.29, 0.717) is 18.7 Å². The van der Waals surface area contributed by atoms with E-state index < -0.39 is 0 Å². The summed E-state index contributed by atoms with van der Waals surface area (Å²) in [5, 5.41) is 0. The van der Waals surface area contributed by atoms with Gasteiger partial charge in [0.25, 0.3) is 0 Å². The third-order valence-electron chi connectivity index (χ3n) is 2.27. The molecule has 0 spiro atoms.